The number of aryl methyl sites for hydroxylation is 1. The van der Waals surface area contributed by atoms with E-state index in [0.717, 1.165) is 15.7 Å². The maximum Gasteiger partial charge on any atom is 0.339 e. The molecule has 0 aliphatic rings. The summed E-state index contributed by atoms with van der Waals surface area (Å²) in [6.45, 7) is 2.29. The van der Waals surface area contributed by atoms with Crippen LogP contribution in [-0.2, 0) is 11.3 Å². The summed E-state index contributed by atoms with van der Waals surface area (Å²) in [6, 6.07) is 21.3. The third-order valence-corrected chi connectivity index (χ3v) is 5.06. The van der Waals surface area contributed by atoms with Gasteiger partial charge in [-0.1, -0.05) is 54.1 Å². The first-order valence-electron chi connectivity index (χ1n) is 9.49. The Morgan fingerprint density at radius 1 is 0.900 bits per heavy atom. The highest BCUT2D eigenvalue weighted by atomic mass is 16.5. The van der Waals surface area contributed by atoms with Crippen molar-refractivity contribution in [2.45, 2.75) is 13.5 Å². The van der Waals surface area contributed by atoms with Crippen LogP contribution in [0.4, 0.5) is 0 Å². The number of carbonyl (C=O) groups excluding carboxylic acids is 1. The van der Waals surface area contributed by atoms with Gasteiger partial charge in [-0.15, -0.1) is 0 Å². The first kappa shape index (κ1) is 19.4. The first-order chi connectivity index (χ1) is 14.5. The molecular weight excluding hydrogens is 380 g/mol. The van der Waals surface area contributed by atoms with E-state index < -0.39 is 17.2 Å². The lowest BCUT2D eigenvalue weighted by Gasteiger charge is -2.16. The Morgan fingerprint density at radius 2 is 1.57 bits per heavy atom. The number of benzene rings is 3. The monoisotopic (exact) mass is 400 g/mol. The SMILES string of the molecule is COC(=O)c1ccccc1-n1c(=O)c2ccccc2n(Cc2ccc(C)cc2)c1=O. The van der Waals surface area contributed by atoms with Crippen molar-refractivity contribution in [3.8, 4) is 5.69 Å². The van der Waals surface area contributed by atoms with Gasteiger partial charge in [0, 0.05) is 0 Å². The van der Waals surface area contributed by atoms with Gasteiger partial charge in [0.15, 0.2) is 0 Å². The fraction of sp³-hybridized carbons (Fsp3) is 0.125. The lowest BCUT2D eigenvalue weighted by Crippen LogP contribution is -2.40. The Bertz CT molecular complexity index is 1360. The predicted octanol–water partition coefficient (Wildman–Crippen LogP) is 3.30. The number of ether oxygens (including phenoxy) is 1. The molecule has 0 bridgehead atoms. The number of para-hydroxylation sites is 2. The van der Waals surface area contributed by atoms with Gasteiger partial charge in [-0.25, -0.2) is 14.2 Å². The molecule has 0 aliphatic carbocycles. The van der Waals surface area contributed by atoms with Crippen molar-refractivity contribution in [3.05, 3.63) is 110 Å². The van der Waals surface area contributed by atoms with Crippen molar-refractivity contribution >= 4 is 16.9 Å². The normalized spacial score (nSPS) is 10.9. The van der Waals surface area contributed by atoms with Crippen LogP contribution in [0.25, 0.3) is 16.6 Å². The molecule has 0 saturated heterocycles. The molecule has 0 N–H and O–H groups in total. The Hall–Kier alpha value is -3.93. The van der Waals surface area contributed by atoms with Crippen LogP contribution in [0.2, 0.25) is 0 Å². The largest absolute Gasteiger partial charge is 0.465 e. The molecule has 4 rings (SSSR count). The first-order valence-corrected chi connectivity index (χ1v) is 9.49. The van der Waals surface area contributed by atoms with Gasteiger partial charge in [0.05, 0.1) is 35.8 Å². The van der Waals surface area contributed by atoms with E-state index in [1.807, 2.05) is 31.2 Å². The maximum absolute atomic E-state index is 13.5. The average Bonchev–Trinajstić information content (AvgIpc) is 2.78. The summed E-state index contributed by atoms with van der Waals surface area (Å²) in [5, 5.41) is 0.392. The molecule has 0 atom stereocenters. The number of hydrogen-bond donors (Lipinski definition) is 0. The number of hydrogen-bond acceptors (Lipinski definition) is 4. The van der Waals surface area contributed by atoms with Gasteiger partial charge in [-0.05, 0) is 36.8 Å². The zero-order chi connectivity index (χ0) is 21.3. The molecule has 0 saturated carbocycles. The molecule has 3 aromatic carbocycles. The lowest BCUT2D eigenvalue weighted by atomic mass is 10.1. The Kier molecular flexibility index (Phi) is 5.06. The van der Waals surface area contributed by atoms with E-state index in [0.29, 0.717) is 17.4 Å². The molecule has 0 radical (unpaired) electrons. The topological polar surface area (TPSA) is 70.3 Å². The predicted molar refractivity (Wildman–Crippen MR) is 115 cm³/mol. The highest BCUT2D eigenvalue weighted by Gasteiger charge is 2.19. The standard InChI is InChI=1S/C24H20N2O4/c1-16-11-13-17(14-12-16)15-25-20-9-5-3-7-18(20)22(27)26(24(25)29)21-10-6-4-8-19(21)23(28)30-2/h3-14H,15H2,1-2H3. The van der Waals surface area contributed by atoms with Crippen LogP contribution in [0.15, 0.2) is 82.4 Å². The Labute approximate surface area is 172 Å². The van der Waals surface area contributed by atoms with Crippen LogP contribution in [0.3, 0.4) is 0 Å². The van der Waals surface area contributed by atoms with E-state index >= 15 is 0 Å². The third kappa shape index (κ3) is 3.33. The molecule has 1 aromatic heterocycles. The highest BCUT2D eigenvalue weighted by Crippen LogP contribution is 2.16. The molecule has 0 aliphatic heterocycles. The van der Waals surface area contributed by atoms with Crippen LogP contribution in [0.1, 0.15) is 21.5 Å². The van der Waals surface area contributed by atoms with Crippen molar-refractivity contribution in [3.63, 3.8) is 0 Å². The quantitative estimate of drug-likeness (QED) is 0.493. The molecule has 0 amide bonds. The highest BCUT2D eigenvalue weighted by molar-refractivity contribution is 5.93. The van der Waals surface area contributed by atoms with E-state index in [2.05, 4.69) is 0 Å². The van der Waals surface area contributed by atoms with Gasteiger partial charge in [0.2, 0.25) is 0 Å². The Morgan fingerprint density at radius 3 is 2.30 bits per heavy atom. The minimum absolute atomic E-state index is 0.149. The van der Waals surface area contributed by atoms with Crippen LogP contribution in [0.5, 0.6) is 0 Å². The zero-order valence-corrected chi connectivity index (χ0v) is 16.7. The number of aromatic nitrogens is 2. The van der Waals surface area contributed by atoms with Crippen molar-refractivity contribution in [2.75, 3.05) is 7.11 Å². The number of esters is 1. The second kappa shape index (κ2) is 7.83. The van der Waals surface area contributed by atoms with Crippen LogP contribution < -0.4 is 11.2 Å². The number of rotatable bonds is 4. The minimum atomic E-state index is -0.616. The zero-order valence-electron chi connectivity index (χ0n) is 16.7. The van der Waals surface area contributed by atoms with Crippen LogP contribution >= 0.6 is 0 Å². The number of fused-ring (bicyclic) bond motifs is 1. The van der Waals surface area contributed by atoms with E-state index in [9.17, 15) is 14.4 Å². The molecule has 6 nitrogen and oxygen atoms in total. The van der Waals surface area contributed by atoms with E-state index in [4.69, 9.17) is 4.74 Å². The van der Waals surface area contributed by atoms with E-state index in [-0.39, 0.29) is 11.3 Å². The molecule has 1 heterocycles. The van der Waals surface area contributed by atoms with Gasteiger partial charge >= 0.3 is 11.7 Å². The van der Waals surface area contributed by atoms with E-state index in [1.165, 1.54) is 13.2 Å². The lowest BCUT2D eigenvalue weighted by molar-refractivity contribution is 0.0600. The molecule has 0 spiro atoms. The van der Waals surface area contributed by atoms with Crippen molar-refractivity contribution < 1.29 is 9.53 Å². The molecule has 0 unspecified atom stereocenters. The summed E-state index contributed by atoms with van der Waals surface area (Å²) in [4.78, 5) is 39.0. The van der Waals surface area contributed by atoms with Gasteiger partial charge in [-0.2, -0.15) is 0 Å². The summed E-state index contributed by atoms with van der Waals surface area (Å²) >= 11 is 0. The summed E-state index contributed by atoms with van der Waals surface area (Å²) < 4.78 is 7.44. The maximum atomic E-state index is 13.5. The van der Waals surface area contributed by atoms with Crippen molar-refractivity contribution in [2.24, 2.45) is 0 Å². The van der Waals surface area contributed by atoms with Crippen LogP contribution in [0, 0.1) is 6.92 Å². The molecule has 4 aromatic rings. The Balaban J connectivity index is 2.03. The average molecular weight is 400 g/mol. The van der Waals surface area contributed by atoms with Gasteiger partial charge in [-0.3, -0.25) is 9.36 Å². The summed E-state index contributed by atoms with van der Waals surface area (Å²) in [5.41, 5.74) is 1.94. The number of nitrogens with zero attached hydrogens (tertiary/aromatic N) is 2. The molecule has 30 heavy (non-hydrogen) atoms. The molecule has 0 fully saturated rings. The number of methoxy groups -OCH3 is 1. The fourth-order valence-electron chi connectivity index (χ4n) is 3.51. The minimum Gasteiger partial charge on any atom is -0.465 e. The fourth-order valence-corrected chi connectivity index (χ4v) is 3.51. The van der Waals surface area contributed by atoms with Crippen molar-refractivity contribution in [1.29, 1.82) is 0 Å². The number of carbonyl (C=O) groups is 1. The van der Waals surface area contributed by atoms with Gasteiger partial charge < -0.3 is 4.74 Å². The van der Waals surface area contributed by atoms with Crippen molar-refractivity contribution in [1.82, 2.24) is 9.13 Å². The third-order valence-electron chi connectivity index (χ3n) is 5.06. The summed E-state index contributed by atoms with van der Waals surface area (Å²) in [5.74, 6) is -0.616. The molecule has 150 valence electrons. The smallest absolute Gasteiger partial charge is 0.339 e. The molecular formula is C24H20N2O4. The van der Waals surface area contributed by atoms with E-state index in [1.54, 1.807) is 47.0 Å². The second-order valence-corrected chi connectivity index (χ2v) is 7.02. The second-order valence-electron chi connectivity index (χ2n) is 7.02. The summed E-state index contributed by atoms with van der Waals surface area (Å²) in [6.07, 6.45) is 0. The van der Waals surface area contributed by atoms with Crippen LogP contribution in [-0.4, -0.2) is 22.2 Å². The molecule has 6 heteroatoms. The van der Waals surface area contributed by atoms with Gasteiger partial charge in [0.1, 0.15) is 0 Å². The summed E-state index contributed by atoms with van der Waals surface area (Å²) in [7, 11) is 1.26. The van der Waals surface area contributed by atoms with Gasteiger partial charge in [0.25, 0.3) is 5.56 Å².